The quantitative estimate of drug-likeness (QED) is 0.244. The van der Waals surface area contributed by atoms with Crippen LogP contribution in [0.1, 0.15) is 45.1 Å². The zero-order chi connectivity index (χ0) is 28.2. The number of methoxy groups -OCH3 is 1. The van der Waals surface area contributed by atoms with E-state index < -0.39 is 59.5 Å². The minimum atomic E-state index is -1.39. The van der Waals surface area contributed by atoms with Crippen molar-refractivity contribution in [2.45, 2.75) is 81.8 Å². The summed E-state index contributed by atoms with van der Waals surface area (Å²) in [6.45, 7) is 3.33. The highest BCUT2D eigenvalue weighted by Crippen LogP contribution is 2.36. The van der Waals surface area contributed by atoms with Gasteiger partial charge in [-0.05, 0) is 57.2 Å². The second-order valence-electron chi connectivity index (χ2n) is 10.2. The maximum atomic E-state index is 14.0. The molecule has 3 rings (SSSR count). The van der Waals surface area contributed by atoms with Crippen LogP contribution in [-0.4, -0.2) is 99.7 Å². The molecule has 2 fully saturated rings. The van der Waals surface area contributed by atoms with Crippen molar-refractivity contribution in [1.29, 1.82) is 0 Å². The number of nitrogens with zero attached hydrogens (tertiary/aromatic N) is 2. The van der Waals surface area contributed by atoms with E-state index in [0.29, 0.717) is 38.0 Å². The SMILES string of the molecule is COc1ccc(C[C@@]2(C(=O)N[C@H](C(N)=O)[C@@H](C)O)CCCN2C(=O)[C@@H]2CCCN2C(=O)[C@@H](N)[C@@H](C)O)cc1. The minimum Gasteiger partial charge on any atom is -0.497 e. The second kappa shape index (κ2) is 12.1. The van der Waals surface area contributed by atoms with Gasteiger partial charge in [-0.3, -0.25) is 19.2 Å². The third-order valence-corrected chi connectivity index (χ3v) is 7.53. The summed E-state index contributed by atoms with van der Waals surface area (Å²) in [5.74, 6) is -1.81. The Balaban J connectivity index is 1.98. The third kappa shape index (κ3) is 5.92. The van der Waals surface area contributed by atoms with E-state index >= 15 is 0 Å². The Hall–Kier alpha value is -3.22. The molecule has 0 aliphatic carbocycles. The van der Waals surface area contributed by atoms with Crippen molar-refractivity contribution in [2.24, 2.45) is 11.5 Å². The average Bonchev–Trinajstić information content (AvgIpc) is 3.54. The largest absolute Gasteiger partial charge is 0.497 e. The van der Waals surface area contributed by atoms with Gasteiger partial charge in [-0.15, -0.1) is 0 Å². The molecule has 2 saturated heterocycles. The van der Waals surface area contributed by atoms with Crippen LogP contribution in [0.2, 0.25) is 0 Å². The van der Waals surface area contributed by atoms with Gasteiger partial charge < -0.3 is 41.5 Å². The summed E-state index contributed by atoms with van der Waals surface area (Å²) < 4.78 is 5.23. The van der Waals surface area contributed by atoms with E-state index in [1.54, 1.807) is 31.4 Å². The van der Waals surface area contributed by atoms with Crippen molar-refractivity contribution in [2.75, 3.05) is 20.2 Å². The maximum absolute atomic E-state index is 14.0. The van der Waals surface area contributed by atoms with Crippen LogP contribution < -0.4 is 21.5 Å². The summed E-state index contributed by atoms with van der Waals surface area (Å²) >= 11 is 0. The van der Waals surface area contributed by atoms with Gasteiger partial charge in [-0.25, -0.2) is 0 Å². The van der Waals surface area contributed by atoms with Gasteiger partial charge in [0.2, 0.25) is 23.6 Å². The highest BCUT2D eigenvalue weighted by molar-refractivity contribution is 5.98. The molecule has 12 heteroatoms. The van der Waals surface area contributed by atoms with Crippen molar-refractivity contribution in [3.63, 3.8) is 0 Å². The predicted octanol–water partition coefficient (Wildman–Crippen LogP) is -1.35. The molecular formula is C26H39N5O7. The molecule has 1 aromatic carbocycles. The first kappa shape index (κ1) is 29.3. The Morgan fingerprint density at radius 1 is 1.11 bits per heavy atom. The molecule has 0 saturated carbocycles. The fourth-order valence-corrected chi connectivity index (χ4v) is 5.35. The van der Waals surface area contributed by atoms with E-state index in [1.165, 1.54) is 23.6 Å². The number of ether oxygens (including phenoxy) is 1. The molecule has 1 aromatic rings. The molecule has 38 heavy (non-hydrogen) atoms. The molecular weight excluding hydrogens is 494 g/mol. The maximum Gasteiger partial charge on any atom is 0.247 e. The number of primary amides is 1. The summed E-state index contributed by atoms with van der Waals surface area (Å²) in [5, 5.41) is 22.5. The molecule has 6 atom stereocenters. The number of aliphatic hydroxyl groups is 2. The Morgan fingerprint density at radius 3 is 2.32 bits per heavy atom. The van der Waals surface area contributed by atoms with Crippen LogP contribution in [0.4, 0.5) is 0 Å². The van der Waals surface area contributed by atoms with Crippen LogP contribution >= 0.6 is 0 Å². The first-order chi connectivity index (χ1) is 17.9. The molecule has 7 N–H and O–H groups in total. The molecule has 2 aliphatic rings. The van der Waals surface area contributed by atoms with Gasteiger partial charge in [0.15, 0.2) is 0 Å². The fourth-order valence-electron chi connectivity index (χ4n) is 5.35. The van der Waals surface area contributed by atoms with Crippen molar-refractivity contribution in [3.8, 4) is 5.75 Å². The lowest BCUT2D eigenvalue weighted by Crippen LogP contribution is -2.65. The van der Waals surface area contributed by atoms with Crippen molar-refractivity contribution in [3.05, 3.63) is 29.8 Å². The van der Waals surface area contributed by atoms with Gasteiger partial charge in [0.25, 0.3) is 0 Å². The smallest absolute Gasteiger partial charge is 0.247 e. The van der Waals surface area contributed by atoms with E-state index in [4.69, 9.17) is 16.2 Å². The van der Waals surface area contributed by atoms with Crippen molar-refractivity contribution >= 4 is 23.6 Å². The predicted molar refractivity (Wildman–Crippen MR) is 138 cm³/mol. The van der Waals surface area contributed by atoms with Crippen LogP contribution in [0.5, 0.6) is 5.75 Å². The Labute approximate surface area is 222 Å². The lowest BCUT2D eigenvalue weighted by molar-refractivity contribution is -0.152. The van der Waals surface area contributed by atoms with Gasteiger partial charge >= 0.3 is 0 Å². The normalized spacial score (nSPS) is 24.4. The molecule has 0 spiro atoms. The molecule has 2 aliphatic heterocycles. The fraction of sp³-hybridized carbons (Fsp3) is 0.615. The van der Waals surface area contributed by atoms with Gasteiger partial charge in [0.1, 0.15) is 29.4 Å². The average molecular weight is 534 g/mol. The highest BCUT2D eigenvalue weighted by Gasteiger charge is 2.53. The summed E-state index contributed by atoms with van der Waals surface area (Å²) in [6, 6.07) is 3.73. The van der Waals surface area contributed by atoms with Crippen LogP contribution in [0.15, 0.2) is 24.3 Å². The molecule has 12 nitrogen and oxygen atoms in total. The molecule has 0 bridgehead atoms. The number of benzene rings is 1. The van der Waals surface area contributed by atoms with E-state index in [9.17, 15) is 29.4 Å². The third-order valence-electron chi connectivity index (χ3n) is 7.53. The number of hydrogen-bond donors (Lipinski definition) is 5. The van der Waals surface area contributed by atoms with Crippen LogP contribution in [0.3, 0.4) is 0 Å². The lowest BCUT2D eigenvalue weighted by atomic mass is 9.86. The summed E-state index contributed by atoms with van der Waals surface area (Å²) in [4.78, 5) is 55.7. The van der Waals surface area contributed by atoms with Gasteiger partial charge in [-0.2, -0.15) is 0 Å². The first-order valence-electron chi connectivity index (χ1n) is 12.9. The standard InChI is InChI=1S/C26H39N5O7/c1-15(32)20(27)24(36)30-12-4-6-19(30)23(35)31-13-5-11-26(31,14-17-7-9-18(38-3)10-8-17)25(37)29-21(16(2)33)22(28)34/h7-10,15-16,19-21,32-33H,4-6,11-14,27H2,1-3H3,(H2,28,34)(H,29,37)/t15-,16-,19+,20+,21+,26-/m1/s1. The Kier molecular flexibility index (Phi) is 9.34. The molecule has 0 aromatic heterocycles. The number of amides is 4. The summed E-state index contributed by atoms with van der Waals surface area (Å²) in [6.07, 6.45) is -0.415. The van der Waals surface area contributed by atoms with E-state index in [1.807, 2.05) is 0 Å². The number of nitrogens with two attached hydrogens (primary N) is 2. The number of carbonyl (C=O) groups is 4. The molecule has 210 valence electrons. The number of hydrogen-bond acceptors (Lipinski definition) is 8. The van der Waals surface area contributed by atoms with Crippen molar-refractivity contribution < 1.29 is 34.1 Å². The first-order valence-corrected chi connectivity index (χ1v) is 12.9. The molecule has 2 heterocycles. The van der Waals surface area contributed by atoms with Gasteiger partial charge in [0, 0.05) is 19.5 Å². The monoisotopic (exact) mass is 533 g/mol. The van der Waals surface area contributed by atoms with E-state index in [-0.39, 0.29) is 13.0 Å². The van der Waals surface area contributed by atoms with Gasteiger partial charge in [0.05, 0.1) is 19.3 Å². The highest BCUT2D eigenvalue weighted by atomic mass is 16.5. The number of carbonyl (C=O) groups excluding carboxylic acids is 4. The number of aliphatic hydroxyl groups excluding tert-OH is 2. The van der Waals surface area contributed by atoms with E-state index in [2.05, 4.69) is 5.32 Å². The lowest BCUT2D eigenvalue weighted by Gasteiger charge is -2.41. The van der Waals surface area contributed by atoms with Crippen LogP contribution in [0, 0.1) is 0 Å². The number of nitrogens with one attached hydrogen (secondary N) is 1. The van der Waals surface area contributed by atoms with Crippen molar-refractivity contribution in [1.82, 2.24) is 15.1 Å². The zero-order valence-electron chi connectivity index (χ0n) is 22.1. The summed E-state index contributed by atoms with van der Waals surface area (Å²) in [7, 11) is 1.54. The molecule has 4 amide bonds. The van der Waals surface area contributed by atoms with E-state index in [0.717, 1.165) is 5.56 Å². The Morgan fingerprint density at radius 2 is 1.76 bits per heavy atom. The van der Waals surface area contributed by atoms with Crippen LogP contribution in [-0.2, 0) is 25.6 Å². The van der Waals surface area contributed by atoms with Gasteiger partial charge in [-0.1, -0.05) is 12.1 Å². The Bertz CT molecular complexity index is 1030. The summed E-state index contributed by atoms with van der Waals surface area (Å²) in [5.41, 5.74) is 10.7. The zero-order valence-corrected chi connectivity index (χ0v) is 22.1. The number of likely N-dealkylation sites (tertiary alicyclic amines) is 2. The molecule has 0 radical (unpaired) electrons. The number of rotatable bonds is 10. The second-order valence-corrected chi connectivity index (χ2v) is 10.2. The minimum absolute atomic E-state index is 0.133. The van der Waals surface area contributed by atoms with Crippen LogP contribution in [0.25, 0.3) is 0 Å². The molecule has 0 unspecified atom stereocenters. The topological polar surface area (TPSA) is 189 Å².